The topological polar surface area (TPSA) is 58.9 Å². The number of hydrogen-bond donors (Lipinski definition) is 2. The van der Waals surface area contributed by atoms with Crippen molar-refractivity contribution in [3.8, 4) is 17.2 Å². The average molecular weight is 216 g/mol. The molecule has 0 fully saturated rings. The summed E-state index contributed by atoms with van der Waals surface area (Å²) in [6.45, 7) is -0.212. The van der Waals surface area contributed by atoms with Crippen molar-refractivity contribution in [1.82, 2.24) is 0 Å². The number of aliphatic hydroxyl groups is 1. The van der Waals surface area contributed by atoms with Crippen molar-refractivity contribution in [2.75, 3.05) is 20.8 Å². The Balaban J connectivity index is 3.35. The quantitative estimate of drug-likeness (QED) is 0.790. The molecule has 0 aromatic heterocycles. The average Bonchev–Trinajstić information content (AvgIpc) is 2.24. The van der Waals surface area contributed by atoms with Crippen LogP contribution in [0, 0.1) is 5.82 Å². The lowest BCUT2D eigenvalue weighted by Crippen LogP contribution is -2.00. The van der Waals surface area contributed by atoms with E-state index >= 15 is 0 Å². The van der Waals surface area contributed by atoms with Gasteiger partial charge in [0.2, 0.25) is 0 Å². The Morgan fingerprint density at radius 1 is 1.33 bits per heavy atom. The van der Waals surface area contributed by atoms with E-state index in [1.165, 1.54) is 14.2 Å². The number of phenols is 1. The minimum Gasteiger partial charge on any atom is -0.505 e. The van der Waals surface area contributed by atoms with Crippen LogP contribution in [0.5, 0.6) is 17.2 Å². The fourth-order valence-electron chi connectivity index (χ4n) is 1.37. The van der Waals surface area contributed by atoms with Crippen molar-refractivity contribution < 1.29 is 24.1 Å². The van der Waals surface area contributed by atoms with Crippen molar-refractivity contribution in [3.05, 3.63) is 17.4 Å². The fraction of sp³-hybridized carbons (Fsp3) is 0.400. The van der Waals surface area contributed by atoms with Gasteiger partial charge < -0.3 is 19.7 Å². The summed E-state index contributed by atoms with van der Waals surface area (Å²) in [5, 5.41) is 18.2. The number of ether oxygens (including phenoxy) is 2. The number of hydrogen-bond acceptors (Lipinski definition) is 4. The monoisotopic (exact) mass is 216 g/mol. The molecule has 0 radical (unpaired) electrons. The number of methoxy groups -OCH3 is 2. The third kappa shape index (κ3) is 2.12. The molecule has 2 N–H and O–H groups in total. The number of aromatic hydroxyl groups is 1. The van der Waals surface area contributed by atoms with Gasteiger partial charge in [-0.2, -0.15) is 0 Å². The van der Waals surface area contributed by atoms with Gasteiger partial charge in [0.05, 0.1) is 14.2 Å². The van der Waals surface area contributed by atoms with Gasteiger partial charge in [-0.1, -0.05) is 0 Å². The molecule has 0 aliphatic carbocycles. The van der Waals surface area contributed by atoms with Crippen molar-refractivity contribution in [2.45, 2.75) is 6.42 Å². The van der Waals surface area contributed by atoms with E-state index in [0.717, 1.165) is 6.07 Å². The summed E-state index contributed by atoms with van der Waals surface area (Å²) < 4.78 is 23.1. The van der Waals surface area contributed by atoms with Crippen LogP contribution < -0.4 is 9.47 Å². The first-order chi connectivity index (χ1) is 7.15. The Kier molecular flexibility index (Phi) is 3.74. The molecule has 15 heavy (non-hydrogen) atoms. The molecule has 0 aliphatic rings. The van der Waals surface area contributed by atoms with E-state index in [9.17, 15) is 9.50 Å². The molecule has 5 heteroatoms. The summed E-state index contributed by atoms with van der Waals surface area (Å²) in [5.41, 5.74) is 0.205. The first-order valence-electron chi connectivity index (χ1n) is 4.38. The lowest BCUT2D eigenvalue weighted by molar-refractivity contribution is 0.289. The highest BCUT2D eigenvalue weighted by Crippen LogP contribution is 2.39. The van der Waals surface area contributed by atoms with E-state index < -0.39 is 11.6 Å². The van der Waals surface area contributed by atoms with Crippen molar-refractivity contribution in [3.63, 3.8) is 0 Å². The molecule has 4 nitrogen and oxygen atoms in total. The van der Waals surface area contributed by atoms with Gasteiger partial charge in [0.1, 0.15) is 0 Å². The zero-order valence-electron chi connectivity index (χ0n) is 8.58. The summed E-state index contributed by atoms with van der Waals surface area (Å²) in [6.07, 6.45) is 0.100. The molecule has 0 heterocycles. The van der Waals surface area contributed by atoms with Gasteiger partial charge in [-0.25, -0.2) is 4.39 Å². The molecule has 1 aromatic rings. The summed E-state index contributed by atoms with van der Waals surface area (Å²) in [5.74, 6) is -0.875. The first-order valence-corrected chi connectivity index (χ1v) is 4.38. The van der Waals surface area contributed by atoms with Crippen LogP contribution in [0.15, 0.2) is 6.07 Å². The van der Waals surface area contributed by atoms with Crippen molar-refractivity contribution >= 4 is 0 Å². The zero-order valence-corrected chi connectivity index (χ0v) is 8.58. The Bertz CT molecular complexity index is 352. The van der Waals surface area contributed by atoms with Crippen molar-refractivity contribution in [2.24, 2.45) is 0 Å². The first kappa shape index (κ1) is 11.6. The lowest BCUT2D eigenvalue weighted by atomic mass is 10.1. The van der Waals surface area contributed by atoms with Crippen LogP contribution in [-0.4, -0.2) is 31.0 Å². The highest BCUT2D eigenvalue weighted by Gasteiger charge is 2.18. The number of halogens is 1. The third-order valence-corrected chi connectivity index (χ3v) is 2.05. The Morgan fingerprint density at radius 3 is 2.47 bits per heavy atom. The number of phenolic OH excluding ortho intramolecular Hbond substituents is 1. The van der Waals surface area contributed by atoms with Gasteiger partial charge >= 0.3 is 0 Å². The van der Waals surface area contributed by atoms with Crippen LogP contribution in [0.4, 0.5) is 4.39 Å². The van der Waals surface area contributed by atoms with E-state index in [0.29, 0.717) is 0 Å². The highest BCUT2D eigenvalue weighted by molar-refractivity contribution is 5.54. The smallest absolute Gasteiger partial charge is 0.169 e. The second-order valence-electron chi connectivity index (χ2n) is 2.89. The Labute approximate surface area is 86.9 Å². The normalized spacial score (nSPS) is 10.1. The summed E-state index contributed by atoms with van der Waals surface area (Å²) in [4.78, 5) is 0. The largest absolute Gasteiger partial charge is 0.505 e. The van der Waals surface area contributed by atoms with Crippen LogP contribution in [-0.2, 0) is 6.42 Å². The Morgan fingerprint density at radius 2 is 2.00 bits per heavy atom. The number of aliphatic hydroxyl groups excluding tert-OH is 1. The molecule has 0 unspecified atom stereocenters. The predicted molar refractivity (Wildman–Crippen MR) is 52.0 cm³/mol. The van der Waals surface area contributed by atoms with Crippen molar-refractivity contribution in [1.29, 1.82) is 0 Å². The second kappa shape index (κ2) is 4.84. The second-order valence-corrected chi connectivity index (χ2v) is 2.89. The van der Waals surface area contributed by atoms with E-state index in [4.69, 9.17) is 14.6 Å². The van der Waals surface area contributed by atoms with Crippen LogP contribution in [0.1, 0.15) is 5.56 Å². The SMILES string of the molecule is COc1cc(F)c(O)c(CCO)c1OC. The number of benzene rings is 1. The van der Waals surface area contributed by atoms with Gasteiger partial charge in [-0.3, -0.25) is 0 Å². The molecule has 0 aliphatic heterocycles. The summed E-state index contributed by atoms with van der Waals surface area (Å²) in [7, 11) is 2.76. The lowest BCUT2D eigenvalue weighted by Gasteiger charge is -2.14. The minimum atomic E-state index is -0.795. The molecule has 1 aromatic carbocycles. The minimum absolute atomic E-state index is 0.100. The molecule has 84 valence electrons. The van der Waals surface area contributed by atoms with Crippen LogP contribution in [0.2, 0.25) is 0 Å². The molecular formula is C10H13FO4. The van der Waals surface area contributed by atoms with Gasteiger partial charge in [-0.15, -0.1) is 0 Å². The molecular weight excluding hydrogens is 203 g/mol. The van der Waals surface area contributed by atoms with Crippen LogP contribution in [0.3, 0.4) is 0 Å². The van der Waals surface area contributed by atoms with Gasteiger partial charge in [-0.05, 0) is 0 Å². The summed E-state index contributed by atoms with van der Waals surface area (Å²) >= 11 is 0. The van der Waals surface area contributed by atoms with E-state index in [2.05, 4.69) is 0 Å². The van der Waals surface area contributed by atoms with Crippen LogP contribution in [0.25, 0.3) is 0 Å². The molecule has 0 saturated heterocycles. The van der Waals surface area contributed by atoms with Gasteiger partial charge in [0, 0.05) is 24.7 Å². The van der Waals surface area contributed by atoms with E-state index in [1.807, 2.05) is 0 Å². The molecule has 0 bridgehead atoms. The highest BCUT2D eigenvalue weighted by atomic mass is 19.1. The molecule has 0 atom stereocenters. The standard InChI is InChI=1S/C10H13FO4/c1-14-8-5-7(11)9(13)6(3-4-12)10(8)15-2/h5,12-13H,3-4H2,1-2H3. The van der Waals surface area contributed by atoms with E-state index in [1.54, 1.807) is 0 Å². The third-order valence-electron chi connectivity index (χ3n) is 2.05. The maximum Gasteiger partial charge on any atom is 0.169 e. The maximum atomic E-state index is 13.2. The fourth-order valence-corrected chi connectivity index (χ4v) is 1.37. The van der Waals surface area contributed by atoms with Gasteiger partial charge in [0.25, 0.3) is 0 Å². The van der Waals surface area contributed by atoms with Gasteiger partial charge in [0.15, 0.2) is 23.1 Å². The molecule has 0 spiro atoms. The van der Waals surface area contributed by atoms with E-state index in [-0.39, 0.29) is 30.1 Å². The number of rotatable bonds is 4. The Hall–Kier alpha value is -1.49. The predicted octanol–water partition coefficient (Wildman–Crippen LogP) is 1.08. The summed E-state index contributed by atoms with van der Waals surface area (Å²) in [6, 6.07) is 1.04. The molecule has 0 saturated carbocycles. The molecule has 1 rings (SSSR count). The maximum absolute atomic E-state index is 13.2. The van der Waals surface area contributed by atoms with Crippen LogP contribution >= 0.6 is 0 Å². The molecule has 0 amide bonds. The zero-order chi connectivity index (χ0) is 11.4.